The number of thiazole rings is 1. The third-order valence-corrected chi connectivity index (χ3v) is 6.75. The number of hydrogen-bond acceptors (Lipinski definition) is 5. The van der Waals surface area contributed by atoms with Crippen molar-refractivity contribution in [1.82, 2.24) is 14.9 Å². The highest BCUT2D eigenvalue weighted by molar-refractivity contribution is 7.15. The summed E-state index contributed by atoms with van der Waals surface area (Å²) in [7, 11) is 1.62. The lowest BCUT2D eigenvalue weighted by Crippen LogP contribution is -2.35. The number of nitrogens with one attached hydrogen (secondary N) is 2. The van der Waals surface area contributed by atoms with Crippen molar-refractivity contribution in [3.8, 4) is 0 Å². The van der Waals surface area contributed by atoms with Crippen LogP contribution in [0.25, 0.3) is 10.9 Å². The van der Waals surface area contributed by atoms with E-state index < -0.39 is 5.41 Å². The predicted octanol–water partition coefficient (Wildman–Crippen LogP) is 3.19. The first-order valence-corrected chi connectivity index (χ1v) is 10.6. The van der Waals surface area contributed by atoms with Crippen molar-refractivity contribution >= 4 is 39.2 Å². The summed E-state index contributed by atoms with van der Waals surface area (Å²) in [6.07, 6.45) is 2.39. The molecular weight excluding hydrogens is 388 g/mol. The Morgan fingerprint density at radius 3 is 2.93 bits per heavy atom. The molecule has 29 heavy (non-hydrogen) atoms. The van der Waals surface area contributed by atoms with Gasteiger partial charge in [0.1, 0.15) is 5.69 Å². The fraction of sp³-hybridized carbons (Fsp3) is 0.381. The summed E-state index contributed by atoms with van der Waals surface area (Å²) >= 11 is 1.46. The molecule has 1 aliphatic carbocycles. The molecule has 2 amide bonds. The summed E-state index contributed by atoms with van der Waals surface area (Å²) in [5.41, 5.74) is 2.14. The van der Waals surface area contributed by atoms with Gasteiger partial charge in [-0.25, -0.2) is 4.98 Å². The molecule has 7 nitrogen and oxygen atoms in total. The lowest BCUT2D eigenvalue weighted by Gasteiger charge is -2.25. The summed E-state index contributed by atoms with van der Waals surface area (Å²) < 4.78 is 5.19. The zero-order chi connectivity index (χ0) is 20.0. The Labute approximate surface area is 172 Å². The molecule has 0 saturated heterocycles. The Hall–Kier alpha value is -2.71. The van der Waals surface area contributed by atoms with Gasteiger partial charge < -0.3 is 19.9 Å². The van der Waals surface area contributed by atoms with Crippen LogP contribution in [0.1, 0.15) is 33.9 Å². The van der Waals surface area contributed by atoms with E-state index >= 15 is 0 Å². The van der Waals surface area contributed by atoms with Crippen molar-refractivity contribution < 1.29 is 14.3 Å². The maximum atomic E-state index is 13.0. The average Bonchev–Trinajstić information content (AvgIpc) is 3.21. The number of para-hydroxylation sites is 1. The van der Waals surface area contributed by atoms with Gasteiger partial charge in [0.2, 0.25) is 5.91 Å². The molecule has 1 fully saturated rings. The number of anilines is 1. The van der Waals surface area contributed by atoms with Crippen molar-refractivity contribution in [2.75, 3.05) is 25.6 Å². The second-order valence-corrected chi connectivity index (χ2v) is 8.89. The minimum absolute atomic E-state index is 0.0112. The van der Waals surface area contributed by atoms with E-state index in [1.54, 1.807) is 7.11 Å². The number of nitrogens with zero attached hydrogens (tertiary/aromatic N) is 2. The summed E-state index contributed by atoms with van der Waals surface area (Å²) in [6, 6.07) is 9.77. The van der Waals surface area contributed by atoms with Gasteiger partial charge in [-0.2, -0.15) is 0 Å². The minimum Gasteiger partial charge on any atom is -0.384 e. The molecule has 2 aliphatic rings. The van der Waals surface area contributed by atoms with E-state index in [4.69, 9.17) is 4.74 Å². The predicted molar refractivity (Wildman–Crippen MR) is 111 cm³/mol. The third-order valence-electron chi connectivity index (χ3n) is 5.76. The van der Waals surface area contributed by atoms with Crippen LogP contribution in [0.15, 0.2) is 30.3 Å². The molecule has 8 heteroatoms. The van der Waals surface area contributed by atoms with Crippen LogP contribution < -0.4 is 5.32 Å². The largest absolute Gasteiger partial charge is 0.384 e. The van der Waals surface area contributed by atoms with E-state index in [9.17, 15) is 9.59 Å². The number of benzene rings is 1. The van der Waals surface area contributed by atoms with Gasteiger partial charge in [-0.05, 0) is 25.0 Å². The van der Waals surface area contributed by atoms with Crippen LogP contribution in [0.4, 0.5) is 5.13 Å². The molecule has 5 rings (SSSR count). The highest BCUT2D eigenvalue weighted by Crippen LogP contribution is 2.47. The maximum Gasteiger partial charge on any atom is 0.270 e. The van der Waals surface area contributed by atoms with Crippen LogP contribution in [-0.2, 0) is 22.5 Å². The van der Waals surface area contributed by atoms with Crippen molar-refractivity contribution in [2.24, 2.45) is 5.41 Å². The molecule has 150 valence electrons. The number of fused-ring (bicyclic) bond motifs is 2. The van der Waals surface area contributed by atoms with E-state index in [0.29, 0.717) is 36.9 Å². The number of amides is 2. The standard InChI is InChI=1S/C21H22N4O3S/c1-28-12-21(7-8-21)19(27)24-20-23-15-6-9-25(11-17(15)29-20)18(26)16-10-13-4-2-3-5-14(13)22-16/h2-5,10,22H,6-9,11-12H2,1H3,(H,23,24,27). The Morgan fingerprint density at radius 1 is 1.34 bits per heavy atom. The summed E-state index contributed by atoms with van der Waals surface area (Å²) in [6.45, 7) is 1.57. The molecular formula is C21H22N4O3S. The van der Waals surface area contributed by atoms with Gasteiger partial charge in [0.15, 0.2) is 5.13 Å². The first-order valence-electron chi connectivity index (χ1n) is 9.74. The molecule has 2 N–H and O–H groups in total. The maximum absolute atomic E-state index is 13.0. The summed E-state index contributed by atoms with van der Waals surface area (Å²) in [5.74, 6) is -0.0284. The zero-order valence-electron chi connectivity index (χ0n) is 16.2. The first-order chi connectivity index (χ1) is 14.1. The van der Waals surface area contributed by atoms with E-state index in [1.807, 2.05) is 35.2 Å². The Kier molecular flexibility index (Phi) is 4.40. The fourth-order valence-electron chi connectivity index (χ4n) is 3.88. The van der Waals surface area contributed by atoms with Gasteiger partial charge in [0.05, 0.1) is 24.3 Å². The highest BCUT2D eigenvalue weighted by Gasteiger charge is 2.50. The number of aromatic amines is 1. The van der Waals surface area contributed by atoms with E-state index in [1.165, 1.54) is 11.3 Å². The lowest BCUT2D eigenvalue weighted by molar-refractivity contribution is -0.122. The second kappa shape index (κ2) is 6.96. The van der Waals surface area contributed by atoms with Crippen LogP contribution in [0.3, 0.4) is 0 Å². The monoisotopic (exact) mass is 410 g/mol. The summed E-state index contributed by atoms with van der Waals surface area (Å²) in [4.78, 5) is 36.2. The van der Waals surface area contributed by atoms with Crippen molar-refractivity contribution in [3.63, 3.8) is 0 Å². The Bertz CT molecular complexity index is 1070. The number of aromatic nitrogens is 2. The number of hydrogen-bond donors (Lipinski definition) is 2. The quantitative estimate of drug-likeness (QED) is 0.676. The number of ether oxygens (including phenoxy) is 1. The number of carbonyl (C=O) groups is 2. The van der Waals surface area contributed by atoms with Crippen LogP contribution in [0.2, 0.25) is 0 Å². The zero-order valence-corrected chi connectivity index (χ0v) is 17.0. The van der Waals surface area contributed by atoms with Gasteiger partial charge in [-0.3, -0.25) is 9.59 Å². The van der Waals surface area contributed by atoms with Crippen molar-refractivity contribution in [2.45, 2.75) is 25.8 Å². The van der Waals surface area contributed by atoms with E-state index in [-0.39, 0.29) is 11.8 Å². The first kappa shape index (κ1) is 18.3. The normalized spacial score (nSPS) is 17.2. The van der Waals surface area contributed by atoms with Gasteiger partial charge in [0, 0.05) is 35.9 Å². The molecule has 1 saturated carbocycles. The average molecular weight is 410 g/mol. The molecule has 0 atom stereocenters. The van der Waals surface area contributed by atoms with Gasteiger partial charge in [-0.15, -0.1) is 0 Å². The molecule has 3 aromatic rings. The van der Waals surface area contributed by atoms with Crippen LogP contribution in [0, 0.1) is 5.41 Å². The third kappa shape index (κ3) is 3.32. The Morgan fingerprint density at radius 2 is 2.17 bits per heavy atom. The van der Waals surface area contributed by atoms with Gasteiger partial charge in [0.25, 0.3) is 5.91 Å². The van der Waals surface area contributed by atoms with Crippen LogP contribution >= 0.6 is 11.3 Å². The molecule has 0 bridgehead atoms. The van der Waals surface area contributed by atoms with Crippen LogP contribution in [0.5, 0.6) is 0 Å². The second-order valence-electron chi connectivity index (χ2n) is 7.80. The lowest BCUT2D eigenvalue weighted by atomic mass is 10.1. The molecule has 0 unspecified atom stereocenters. The van der Waals surface area contributed by atoms with Crippen molar-refractivity contribution in [3.05, 3.63) is 46.6 Å². The van der Waals surface area contributed by atoms with Crippen LogP contribution in [-0.4, -0.2) is 46.9 Å². The molecule has 1 aliphatic heterocycles. The van der Waals surface area contributed by atoms with Gasteiger partial charge in [-0.1, -0.05) is 29.5 Å². The minimum atomic E-state index is -0.390. The Balaban J connectivity index is 1.29. The smallest absolute Gasteiger partial charge is 0.270 e. The van der Waals surface area contributed by atoms with E-state index in [0.717, 1.165) is 34.3 Å². The molecule has 2 aromatic heterocycles. The van der Waals surface area contributed by atoms with Gasteiger partial charge >= 0.3 is 0 Å². The molecule has 1 aromatic carbocycles. The number of carbonyl (C=O) groups excluding carboxylic acids is 2. The number of rotatable bonds is 5. The number of H-pyrrole nitrogens is 1. The molecule has 0 radical (unpaired) electrons. The summed E-state index contributed by atoms with van der Waals surface area (Å²) in [5, 5.41) is 4.60. The number of methoxy groups -OCH3 is 1. The molecule has 0 spiro atoms. The fourth-order valence-corrected chi connectivity index (χ4v) is 4.89. The van der Waals surface area contributed by atoms with E-state index in [2.05, 4.69) is 15.3 Å². The SMILES string of the molecule is COCC1(C(=O)Nc2nc3c(s2)CN(C(=O)c2cc4ccccc4[nH]2)CC3)CC1. The topological polar surface area (TPSA) is 87.3 Å². The highest BCUT2D eigenvalue weighted by atomic mass is 32.1. The van der Waals surface area contributed by atoms with Crippen molar-refractivity contribution in [1.29, 1.82) is 0 Å². The molecule has 3 heterocycles.